The van der Waals surface area contributed by atoms with Gasteiger partial charge >= 0.3 is 0 Å². The highest BCUT2D eigenvalue weighted by atomic mass is 32.2. The van der Waals surface area contributed by atoms with Gasteiger partial charge in [0.05, 0.1) is 0 Å². The van der Waals surface area contributed by atoms with Gasteiger partial charge in [-0.15, -0.1) is 11.8 Å². The summed E-state index contributed by atoms with van der Waals surface area (Å²) in [6.07, 6.45) is 2.64. The topological polar surface area (TPSA) is 17.1 Å². The average molecular weight is 232 g/mol. The van der Waals surface area contributed by atoms with Crippen molar-refractivity contribution in [2.45, 2.75) is 49.2 Å². The fourth-order valence-corrected chi connectivity index (χ4v) is 4.62. The molecule has 0 saturated heterocycles. The number of aryl methyl sites for hydroxylation is 2. The molecule has 16 heavy (non-hydrogen) atoms. The quantitative estimate of drug-likeness (QED) is 0.679. The highest BCUT2D eigenvalue weighted by molar-refractivity contribution is 8.00. The molecule has 1 nitrogen and oxygen atoms in total. The van der Waals surface area contributed by atoms with E-state index < -0.39 is 0 Å². The zero-order chi connectivity index (χ0) is 11.3. The van der Waals surface area contributed by atoms with Crippen LogP contribution in [0.5, 0.6) is 0 Å². The molecule has 2 unspecified atom stereocenters. The van der Waals surface area contributed by atoms with Crippen molar-refractivity contribution in [1.29, 1.82) is 0 Å². The Balaban J connectivity index is 2.10. The second-order valence-corrected chi connectivity index (χ2v) is 6.24. The smallest absolute Gasteiger partial charge is 0.133 e. The Morgan fingerprint density at radius 1 is 1.25 bits per heavy atom. The van der Waals surface area contributed by atoms with Gasteiger partial charge in [0, 0.05) is 28.9 Å². The summed E-state index contributed by atoms with van der Waals surface area (Å²) in [6, 6.07) is 4.41. The summed E-state index contributed by atoms with van der Waals surface area (Å²) < 4.78 is 0. The standard InChI is InChI=1S/C14H16OS/c1-8-3-4-9(2)14-13(8)11-7-10(15)5-6-12(11)16-14/h3-4,11-12H,5-7H2,1-2H3. The molecule has 0 radical (unpaired) electrons. The highest BCUT2D eigenvalue weighted by Crippen LogP contribution is 2.53. The van der Waals surface area contributed by atoms with E-state index in [1.165, 1.54) is 21.6 Å². The van der Waals surface area contributed by atoms with Crippen LogP contribution in [0.1, 0.15) is 41.9 Å². The van der Waals surface area contributed by atoms with E-state index in [0.717, 1.165) is 19.3 Å². The molecule has 84 valence electrons. The molecule has 0 bridgehead atoms. The minimum absolute atomic E-state index is 0.454. The number of thioether (sulfide) groups is 1. The van der Waals surface area contributed by atoms with Crippen molar-refractivity contribution in [2.24, 2.45) is 0 Å². The van der Waals surface area contributed by atoms with E-state index >= 15 is 0 Å². The summed E-state index contributed by atoms with van der Waals surface area (Å²) >= 11 is 2.01. The van der Waals surface area contributed by atoms with E-state index in [2.05, 4.69) is 26.0 Å². The molecule has 3 rings (SSSR count). The van der Waals surface area contributed by atoms with Crippen molar-refractivity contribution in [3.63, 3.8) is 0 Å². The monoisotopic (exact) mass is 232 g/mol. The first-order valence-corrected chi connectivity index (χ1v) is 6.83. The van der Waals surface area contributed by atoms with Crippen molar-refractivity contribution in [3.8, 4) is 0 Å². The lowest BCUT2D eigenvalue weighted by Gasteiger charge is -2.24. The molecule has 2 heteroatoms. The van der Waals surface area contributed by atoms with Crippen LogP contribution in [0.25, 0.3) is 0 Å². The van der Waals surface area contributed by atoms with Gasteiger partial charge in [0.25, 0.3) is 0 Å². The lowest BCUT2D eigenvalue weighted by molar-refractivity contribution is -0.120. The average Bonchev–Trinajstić information content (AvgIpc) is 2.63. The first kappa shape index (κ1) is 10.4. The number of hydrogen-bond donors (Lipinski definition) is 0. The number of ketones is 1. The van der Waals surface area contributed by atoms with Crippen LogP contribution < -0.4 is 0 Å². The summed E-state index contributed by atoms with van der Waals surface area (Å²) in [6.45, 7) is 4.37. The van der Waals surface area contributed by atoms with Crippen LogP contribution in [0.15, 0.2) is 17.0 Å². The van der Waals surface area contributed by atoms with E-state index in [1.54, 1.807) is 0 Å². The van der Waals surface area contributed by atoms with Crippen LogP contribution >= 0.6 is 11.8 Å². The molecule has 1 fully saturated rings. The Bertz CT molecular complexity index is 464. The summed E-state index contributed by atoms with van der Waals surface area (Å²) in [4.78, 5) is 13.1. The van der Waals surface area contributed by atoms with Gasteiger partial charge < -0.3 is 0 Å². The molecule has 1 saturated carbocycles. The van der Waals surface area contributed by atoms with Crippen molar-refractivity contribution in [1.82, 2.24) is 0 Å². The van der Waals surface area contributed by atoms with Gasteiger partial charge in [0.2, 0.25) is 0 Å². The minimum Gasteiger partial charge on any atom is -0.300 e. The third kappa shape index (κ3) is 1.43. The Hall–Kier alpha value is -0.760. The third-order valence-corrected chi connectivity index (χ3v) is 5.50. The van der Waals surface area contributed by atoms with Crippen molar-refractivity contribution < 1.29 is 4.79 Å². The number of rotatable bonds is 0. The maximum atomic E-state index is 11.6. The van der Waals surface area contributed by atoms with E-state index in [0.29, 0.717) is 17.0 Å². The van der Waals surface area contributed by atoms with E-state index in [9.17, 15) is 4.79 Å². The largest absolute Gasteiger partial charge is 0.300 e. The number of benzene rings is 1. The summed E-state index contributed by atoms with van der Waals surface area (Å²) in [5.74, 6) is 0.955. The van der Waals surface area contributed by atoms with Gasteiger partial charge in [0.15, 0.2) is 0 Å². The summed E-state index contributed by atoms with van der Waals surface area (Å²) in [5.41, 5.74) is 4.23. The highest BCUT2D eigenvalue weighted by Gasteiger charge is 2.39. The Morgan fingerprint density at radius 3 is 2.81 bits per heavy atom. The molecule has 1 aliphatic carbocycles. The number of fused-ring (bicyclic) bond motifs is 3. The van der Waals surface area contributed by atoms with Crippen LogP contribution in [0.4, 0.5) is 0 Å². The fourth-order valence-electron chi connectivity index (χ4n) is 2.99. The van der Waals surface area contributed by atoms with E-state index in [4.69, 9.17) is 0 Å². The van der Waals surface area contributed by atoms with Crippen molar-refractivity contribution >= 4 is 17.5 Å². The molecule has 0 aromatic heterocycles. The summed E-state index contributed by atoms with van der Waals surface area (Å²) in [7, 11) is 0. The predicted molar refractivity (Wildman–Crippen MR) is 67.2 cm³/mol. The molecule has 1 aromatic rings. The van der Waals surface area contributed by atoms with Crippen LogP contribution in [0.2, 0.25) is 0 Å². The van der Waals surface area contributed by atoms with Crippen LogP contribution in [-0.2, 0) is 4.79 Å². The Morgan fingerprint density at radius 2 is 2.00 bits per heavy atom. The second kappa shape index (κ2) is 3.63. The maximum Gasteiger partial charge on any atom is 0.133 e. The van der Waals surface area contributed by atoms with Gasteiger partial charge in [-0.05, 0) is 37.0 Å². The fraction of sp³-hybridized carbons (Fsp3) is 0.500. The minimum atomic E-state index is 0.454. The SMILES string of the molecule is Cc1ccc(C)c2c1SC1CCC(=O)CC21. The maximum absolute atomic E-state index is 11.6. The van der Waals surface area contributed by atoms with Gasteiger partial charge in [-0.3, -0.25) is 4.79 Å². The first-order valence-electron chi connectivity index (χ1n) is 5.95. The van der Waals surface area contributed by atoms with Gasteiger partial charge in [0.1, 0.15) is 5.78 Å². The number of carbonyl (C=O) groups is 1. The number of carbonyl (C=O) groups excluding carboxylic acids is 1. The zero-order valence-electron chi connectivity index (χ0n) is 9.75. The van der Waals surface area contributed by atoms with Crippen LogP contribution in [-0.4, -0.2) is 11.0 Å². The van der Waals surface area contributed by atoms with Crippen LogP contribution in [0, 0.1) is 13.8 Å². The number of hydrogen-bond acceptors (Lipinski definition) is 2. The third-order valence-electron chi connectivity index (χ3n) is 3.86. The molecule has 0 N–H and O–H groups in total. The molecular formula is C14H16OS. The van der Waals surface area contributed by atoms with Gasteiger partial charge in [-0.1, -0.05) is 12.1 Å². The van der Waals surface area contributed by atoms with Gasteiger partial charge in [-0.2, -0.15) is 0 Å². The summed E-state index contributed by atoms with van der Waals surface area (Å²) in [5, 5.41) is 0.660. The molecular weight excluding hydrogens is 216 g/mol. The molecule has 2 atom stereocenters. The Kier molecular flexibility index (Phi) is 2.36. The molecule has 0 spiro atoms. The second-order valence-electron chi connectivity index (χ2n) is 4.99. The molecule has 1 heterocycles. The molecule has 1 aromatic carbocycles. The van der Waals surface area contributed by atoms with Gasteiger partial charge in [-0.25, -0.2) is 0 Å². The predicted octanol–water partition coefficient (Wildman–Crippen LogP) is 3.61. The van der Waals surface area contributed by atoms with E-state index in [1.807, 2.05) is 11.8 Å². The lowest BCUT2D eigenvalue weighted by atomic mass is 9.81. The number of Topliss-reactive ketones (excluding diaryl/α,β-unsaturated/α-hetero) is 1. The molecule has 0 amide bonds. The van der Waals surface area contributed by atoms with E-state index in [-0.39, 0.29) is 0 Å². The zero-order valence-corrected chi connectivity index (χ0v) is 10.6. The molecule has 2 aliphatic rings. The Labute approximate surface area is 101 Å². The normalized spacial score (nSPS) is 27.8. The van der Waals surface area contributed by atoms with Crippen molar-refractivity contribution in [2.75, 3.05) is 0 Å². The lowest BCUT2D eigenvalue weighted by Crippen LogP contribution is -2.22. The van der Waals surface area contributed by atoms with Crippen molar-refractivity contribution in [3.05, 3.63) is 28.8 Å². The molecule has 1 aliphatic heterocycles. The first-order chi connectivity index (χ1) is 7.66. The van der Waals surface area contributed by atoms with Crippen LogP contribution in [0.3, 0.4) is 0 Å².